The molecule has 1 heterocycles. The number of amides is 1. The third-order valence-corrected chi connectivity index (χ3v) is 5.82. The number of rotatable bonds is 10. The highest BCUT2D eigenvalue weighted by Crippen LogP contribution is 2.18. The SMILES string of the molecule is CN=C(NCCCN(C)c1ccccc1F)NCC1CC(=O)N(CCc2ccccc2)C1.I. The normalized spacial score (nSPS) is 15.8. The van der Waals surface area contributed by atoms with Gasteiger partial charge in [0.1, 0.15) is 5.82 Å². The average molecular weight is 567 g/mol. The van der Waals surface area contributed by atoms with Crippen LogP contribution in [0.2, 0.25) is 0 Å². The number of guanidine groups is 1. The molecule has 1 atom stereocenters. The van der Waals surface area contributed by atoms with Crippen LogP contribution in [0.3, 0.4) is 0 Å². The Bertz CT molecular complexity index is 895. The van der Waals surface area contributed by atoms with Crippen molar-refractivity contribution in [2.75, 3.05) is 51.7 Å². The molecule has 0 spiro atoms. The summed E-state index contributed by atoms with van der Waals surface area (Å²) in [6, 6.07) is 17.1. The van der Waals surface area contributed by atoms with Crippen LogP contribution in [-0.2, 0) is 11.2 Å². The van der Waals surface area contributed by atoms with E-state index in [9.17, 15) is 9.18 Å². The Labute approximate surface area is 213 Å². The summed E-state index contributed by atoms with van der Waals surface area (Å²) in [7, 11) is 3.64. The Balaban J connectivity index is 0.00000385. The third-order valence-electron chi connectivity index (χ3n) is 5.82. The summed E-state index contributed by atoms with van der Waals surface area (Å²) in [5.74, 6) is 1.04. The minimum Gasteiger partial charge on any atom is -0.372 e. The van der Waals surface area contributed by atoms with Gasteiger partial charge in [-0.15, -0.1) is 24.0 Å². The first kappa shape index (κ1) is 26.9. The molecule has 1 fully saturated rings. The maximum atomic E-state index is 13.9. The molecule has 180 valence electrons. The number of halogens is 2. The Hall–Kier alpha value is -2.36. The number of nitrogens with one attached hydrogen (secondary N) is 2. The summed E-state index contributed by atoms with van der Waals surface area (Å²) < 4.78 is 13.9. The second kappa shape index (κ2) is 14.0. The van der Waals surface area contributed by atoms with E-state index in [-0.39, 0.29) is 41.6 Å². The van der Waals surface area contributed by atoms with Crippen molar-refractivity contribution in [1.82, 2.24) is 15.5 Å². The molecule has 0 radical (unpaired) electrons. The van der Waals surface area contributed by atoms with Crippen LogP contribution in [0.1, 0.15) is 18.4 Å². The van der Waals surface area contributed by atoms with E-state index in [1.807, 2.05) is 41.1 Å². The average Bonchev–Trinajstić information content (AvgIpc) is 3.17. The van der Waals surface area contributed by atoms with Crippen molar-refractivity contribution >= 4 is 41.5 Å². The predicted molar refractivity (Wildman–Crippen MR) is 144 cm³/mol. The summed E-state index contributed by atoms with van der Waals surface area (Å²) in [4.78, 5) is 20.5. The van der Waals surface area contributed by atoms with Crippen molar-refractivity contribution in [1.29, 1.82) is 0 Å². The van der Waals surface area contributed by atoms with Crippen LogP contribution in [0, 0.1) is 11.7 Å². The van der Waals surface area contributed by atoms with Gasteiger partial charge in [0.25, 0.3) is 0 Å². The van der Waals surface area contributed by atoms with Gasteiger partial charge in [-0.2, -0.15) is 0 Å². The largest absolute Gasteiger partial charge is 0.372 e. The van der Waals surface area contributed by atoms with Crippen LogP contribution in [0.15, 0.2) is 59.6 Å². The van der Waals surface area contributed by atoms with Crippen molar-refractivity contribution in [2.24, 2.45) is 10.9 Å². The molecule has 1 aliphatic heterocycles. The minimum absolute atomic E-state index is 0. The van der Waals surface area contributed by atoms with E-state index in [1.165, 1.54) is 11.6 Å². The van der Waals surface area contributed by atoms with Crippen LogP contribution in [0.4, 0.5) is 10.1 Å². The Morgan fingerprint density at radius 1 is 1.15 bits per heavy atom. The quantitative estimate of drug-likeness (QED) is 0.200. The number of carbonyl (C=O) groups excluding carboxylic acids is 1. The molecule has 1 unspecified atom stereocenters. The molecule has 0 bridgehead atoms. The molecule has 2 N–H and O–H groups in total. The van der Waals surface area contributed by atoms with Gasteiger partial charge in [0.05, 0.1) is 5.69 Å². The highest BCUT2D eigenvalue weighted by Gasteiger charge is 2.29. The van der Waals surface area contributed by atoms with Crippen LogP contribution in [0.5, 0.6) is 0 Å². The van der Waals surface area contributed by atoms with E-state index in [0.29, 0.717) is 18.7 Å². The highest BCUT2D eigenvalue weighted by molar-refractivity contribution is 14.0. The Kier molecular flexibility index (Phi) is 11.4. The summed E-state index contributed by atoms with van der Waals surface area (Å²) in [5.41, 5.74) is 1.87. The molecule has 1 saturated heterocycles. The molecule has 33 heavy (non-hydrogen) atoms. The van der Waals surface area contributed by atoms with Crippen molar-refractivity contribution in [3.05, 3.63) is 66.0 Å². The fourth-order valence-electron chi connectivity index (χ4n) is 3.98. The zero-order chi connectivity index (χ0) is 22.8. The van der Waals surface area contributed by atoms with Crippen molar-refractivity contribution in [2.45, 2.75) is 19.3 Å². The van der Waals surface area contributed by atoms with Gasteiger partial charge in [0.2, 0.25) is 5.91 Å². The molecule has 6 nitrogen and oxygen atoms in total. The van der Waals surface area contributed by atoms with Crippen LogP contribution < -0.4 is 15.5 Å². The first-order valence-corrected chi connectivity index (χ1v) is 11.3. The Morgan fingerprint density at radius 3 is 2.61 bits per heavy atom. The lowest BCUT2D eigenvalue weighted by Crippen LogP contribution is -2.41. The molecule has 1 amide bonds. The number of carbonyl (C=O) groups is 1. The topological polar surface area (TPSA) is 60.0 Å². The van der Waals surface area contributed by atoms with Gasteiger partial charge in [-0.25, -0.2) is 4.39 Å². The summed E-state index contributed by atoms with van der Waals surface area (Å²) >= 11 is 0. The number of para-hydroxylation sites is 1. The van der Waals surface area contributed by atoms with E-state index >= 15 is 0 Å². The van der Waals surface area contributed by atoms with Gasteiger partial charge in [0.15, 0.2) is 5.96 Å². The molecule has 2 aromatic rings. The third kappa shape index (κ3) is 8.49. The second-order valence-corrected chi connectivity index (χ2v) is 8.25. The molecule has 8 heteroatoms. The summed E-state index contributed by atoms with van der Waals surface area (Å²) in [6.07, 6.45) is 2.31. The zero-order valence-electron chi connectivity index (χ0n) is 19.5. The number of hydrogen-bond donors (Lipinski definition) is 2. The fraction of sp³-hybridized carbons (Fsp3) is 0.440. The maximum Gasteiger partial charge on any atom is 0.223 e. The van der Waals surface area contributed by atoms with E-state index in [2.05, 4.69) is 27.8 Å². The van der Waals surface area contributed by atoms with Crippen molar-refractivity contribution in [3.8, 4) is 0 Å². The first-order chi connectivity index (χ1) is 15.6. The number of aliphatic imine (C=N–C) groups is 1. The lowest BCUT2D eigenvalue weighted by atomic mass is 10.1. The number of benzene rings is 2. The molecule has 0 aromatic heterocycles. The van der Waals surface area contributed by atoms with Gasteiger partial charge in [-0.3, -0.25) is 9.79 Å². The van der Waals surface area contributed by atoms with Crippen molar-refractivity contribution in [3.63, 3.8) is 0 Å². The molecular weight excluding hydrogens is 532 g/mol. The highest BCUT2D eigenvalue weighted by atomic mass is 127. The molecule has 2 aromatic carbocycles. The molecule has 3 rings (SSSR count). The monoisotopic (exact) mass is 567 g/mol. The molecular formula is C25H35FIN5O. The van der Waals surface area contributed by atoms with E-state index < -0.39 is 0 Å². The second-order valence-electron chi connectivity index (χ2n) is 8.25. The van der Waals surface area contributed by atoms with Gasteiger partial charge in [-0.1, -0.05) is 42.5 Å². The fourth-order valence-corrected chi connectivity index (χ4v) is 3.98. The smallest absolute Gasteiger partial charge is 0.223 e. The maximum absolute atomic E-state index is 13.9. The predicted octanol–water partition coefficient (Wildman–Crippen LogP) is 3.53. The Morgan fingerprint density at radius 2 is 1.88 bits per heavy atom. The van der Waals surface area contributed by atoms with Gasteiger partial charge < -0.3 is 20.4 Å². The number of nitrogens with zero attached hydrogens (tertiary/aromatic N) is 3. The van der Waals surface area contributed by atoms with Crippen molar-refractivity contribution < 1.29 is 9.18 Å². The lowest BCUT2D eigenvalue weighted by Gasteiger charge is -2.20. The van der Waals surface area contributed by atoms with E-state index in [1.54, 1.807) is 19.2 Å². The lowest BCUT2D eigenvalue weighted by molar-refractivity contribution is -0.127. The van der Waals surface area contributed by atoms with Gasteiger partial charge >= 0.3 is 0 Å². The first-order valence-electron chi connectivity index (χ1n) is 11.3. The molecule has 1 aliphatic rings. The number of hydrogen-bond acceptors (Lipinski definition) is 3. The van der Waals surface area contributed by atoms with Crippen LogP contribution in [-0.4, -0.2) is 63.6 Å². The number of anilines is 1. The summed E-state index contributed by atoms with van der Waals surface area (Å²) in [6.45, 7) is 3.72. The van der Waals surface area contributed by atoms with E-state index in [4.69, 9.17) is 0 Å². The zero-order valence-corrected chi connectivity index (χ0v) is 21.8. The van der Waals surface area contributed by atoms with Gasteiger partial charge in [0, 0.05) is 59.2 Å². The summed E-state index contributed by atoms with van der Waals surface area (Å²) in [5, 5.41) is 6.65. The number of likely N-dealkylation sites (tertiary alicyclic amines) is 1. The minimum atomic E-state index is -0.204. The molecule has 0 aliphatic carbocycles. The van der Waals surface area contributed by atoms with Crippen LogP contribution >= 0.6 is 24.0 Å². The van der Waals surface area contributed by atoms with E-state index in [0.717, 1.165) is 45.0 Å². The standard InChI is InChI=1S/C25H34FN5O.HI/c1-27-25(28-14-8-15-30(2)23-12-7-6-11-22(23)26)29-18-21-17-24(32)31(19-21)16-13-20-9-4-3-5-10-20;/h3-7,9-12,21H,8,13-19H2,1-2H3,(H2,27,28,29);1H. The van der Waals surface area contributed by atoms with Gasteiger partial charge in [-0.05, 0) is 30.5 Å². The van der Waals surface area contributed by atoms with Crippen LogP contribution in [0.25, 0.3) is 0 Å². The molecule has 0 saturated carbocycles.